The predicted octanol–water partition coefficient (Wildman–Crippen LogP) is -4.67. The molecule has 4 aliphatic rings. The Hall–Kier alpha value is -0.910. The molecule has 4 rings (SSSR count). The first-order chi connectivity index (χ1) is 13.7. The molecule has 3 saturated heterocycles. The Morgan fingerprint density at radius 3 is 2.63 bits per heavy atom. The molecule has 9 nitrogen and oxygen atoms in total. The molecule has 30 heavy (non-hydrogen) atoms. The molecular formula is C19H24N3NaO6S. The van der Waals surface area contributed by atoms with Gasteiger partial charge in [-0.1, -0.05) is 6.92 Å². The SMILES string of the molecule is C[C@@H](O)[C@H]1C(=O)N2C(C(=O)[O-])=C(S[C@@H]3CN[C@H](CC4CC(=O)NC4=O)C3)[C@H](C)[C@H]12.[Na+]. The van der Waals surface area contributed by atoms with E-state index in [1.165, 1.54) is 16.7 Å². The van der Waals surface area contributed by atoms with Gasteiger partial charge >= 0.3 is 29.6 Å². The number of β-lactam (4-membered cyclic amide) rings is 1. The minimum absolute atomic E-state index is 0. The smallest absolute Gasteiger partial charge is 0.543 e. The summed E-state index contributed by atoms with van der Waals surface area (Å²) in [7, 11) is 0. The summed E-state index contributed by atoms with van der Waals surface area (Å²) in [5.41, 5.74) is -0.0707. The maximum absolute atomic E-state index is 12.4. The van der Waals surface area contributed by atoms with E-state index in [0.29, 0.717) is 17.9 Å². The van der Waals surface area contributed by atoms with Crippen molar-refractivity contribution in [1.29, 1.82) is 0 Å². The fourth-order valence-electron chi connectivity index (χ4n) is 5.04. The van der Waals surface area contributed by atoms with Gasteiger partial charge in [0, 0.05) is 41.0 Å². The molecule has 3 N–H and O–H groups in total. The van der Waals surface area contributed by atoms with Crippen molar-refractivity contribution >= 4 is 35.5 Å². The van der Waals surface area contributed by atoms with Crippen LogP contribution in [-0.2, 0) is 19.2 Å². The number of carboxylic acid groups (broad SMARTS) is 1. The van der Waals surface area contributed by atoms with Crippen LogP contribution in [0.2, 0.25) is 0 Å². The summed E-state index contributed by atoms with van der Waals surface area (Å²) in [6.07, 6.45) is 0.674. The van der Waals surface area contributed by atoms with E-state index in [9.17, 15) is 29.4 Å². The monoisotopic (exact) mass is 445 g/mol. The van der Waals surface area contributed by atoms with Gasteiger partial charge < -0.3 is 25.2 Å². The van der Waals surface area contributed by atoms with Crippen LogP contribution in [0.4, 0.5) is 0 Å². The molecule has 7 atom stereocenters. The second kappa shape index (κ2) is 8.91. The number of carbonyl (C=O) groups is 4. The van der Waals surface area contributed by atoms with Gasteiger partial charge in [-0.2, -0.15) is 0 Å². The molecule has 3 amide bonds. The molecule has 1 unspecified atom stereocenters. The van der Waals surface area contributed by atoms with Gasteiger partial charge in [0.15, 0.2) is 0 Å². The molecule has 4 heterocycles. The summed E-state index contributed by atoms with van der Waals surface area (Å²) >= 11 is 1.44. The molecule has 0 bridgehead atoms. The number of imide groups is 1. The Bertz CT molecular complexity index is 818. The average Bonchev–Trinajstić information content (AvgIpc) is 3.26. The third-order valence-electron chi connectivity index (χ3n) is 6.41. The zero-order valence-electron chi connectivity index (χ0n) is 17.2. The van der Waals surface area contributed by atoms with E-state index in [4.69, 9.17) is 0 Å². The first-order valence-electron chi connectivity index (χ1n) is 9.89. The predicted molar refractivity (Wildman–Crippen MR) is 101 cm³/mol. The van der Waals surface area contributed by atoms with Crippen LogP contribution in [0.1, 0.15) is 33.1 Å². The van der Waals surface area contributed by atoms with E-state index in [1.807, 2.05) is 6.92 Å². The summed E-state index contributed by atoms with van der Waals surface area (Å²) in [4.78, 5) is 49.2. The van der Waals surface area contributed by atoms with Crippen LogP contribution in [0.25, 0.3) is 0 Å². The fraction of sp³-hybridized carbons (Fsp3) is 0.684. The zero-order valence-corrected chi connectivity index (χ0v) is 20.0. The van der Waals surface area contributed by atoms with Crippen molar-refractivity contribution in [1.82, 2.24) is 15.5 Å². The Kier molecular flexibility index (Phi) is 7.06. The molecule has 0 radical (unpaired) electrons. The number of nitrogens with zero attached hydrogens (tertiary/aromatic N) is 1. The first-order valence-corrected chi connectivity index (χ1v) is 10.8. The number of aliphatic hydroxyl groups is 1. The molecule has 0 aliphatic carbocycles. The number of aliphatic hydroxyl groups excluding tert-OH is 1. The number of aliphatic carboxylic acids is 1. The Morgan fingerprint density at radius 1 is 1.37 bits per heavy atom. The standard InChI is InChI=1S/C19H25N3O6S.Na/c1-7-14-13(8(2)23)18(26)22(14)15(19(27)28)16(7)29-11-5-10(20-6-11)3-9-4-12(24)21-17(9)25;/h7-11,13-14,20,23H,3-6H2,1-2H3,(H,27,28)(H,21,24,25);/q;+1/p-1/t7-,8-,9?,10-,11+,13-,14-;/m1./s1. The van der Waals surface area contributed by atoms with Gasteiger partial charge in [0.05, 0.1) is 29.7 Å². The van der Waals surface area contributed by atoms with Gasteiger partial charge in [-0.15, -0.1) is 11.8 Å². The molecule has 158 valence electrons. The minimum atomic E-state index is -1.37. The van der Waals surface area contributed by atoms with Crippen molar-refractivity contribution in [2.75, 3.05) is 6.54 Å². The second-order valence-corrected chi connectivity index (χ2v) is 9.73. The van der Waals surface area contributed by atoms with Gasteiger partial charge in [0.25, 0.3) is 0 Å². The van der Waals surface area contributed by atoms with Gasteiger partial charge in [-0.3, -0.25) is 19.7 Å². The zero-order chi connectivity index (χ0) is 21.0. The van der Waals surface area contributed by atoms with Crippen LogP contribution in [0.15, 0.2) is 10.6 Å². The molecule has 4 aliphatic heterocycles. The maximum Gasteiger partial charge on any atom is 1.00 e. The minimum Gasteiger partial charge on any atom is -0.543 e. The summed E-state index contributed by atoms with van der Waals surface area (Å²) in [5, 5.41) is 27.5. The number of amides is 3. The number of carboxylic acids is 1. The normalized spacial score (nSPS) is 36.4. The number of rotatable bonds is 6. The van der Waals surface area contributed by atoms with Crippen LogP contribution < -0.4 is 45.3 Å². The number of hydrogen-bond acceptors (Lipinski definition) is 8. The van der Waals surface area contributed by atoms with Gasteiger partial charge in [-0.05, 0) is 19.8 Å². The van der Waals surface area contributed by atoms with E-state index >= 15 is 0 Å². The number of fused-ring (bicyclic) bond motifs is 1. The van der Waals surface area contributed by atoms with E-state index < -0.39 is 18.0 Å². The van der Waals surface area contributed by atoms with Gasteiger partial charge in [-0.25, -0.2) is 0 Å². The number of thioether (sulfide) groups is 1. The summed E-state index contributed by atoms with van der Waals surface area (Å²) < 4.78 is 0. The van der Waals surface area contributed by atoms with Crippen molar-refractivity contribution in [2.45, 2.75) is 56.5 Å². The number of nitrogens with one attached hydrogen (secondary N) is 2. The molecule has 0 saturated carbocycles. The first kappa shape index (κ1) is 23.7. The van der Waals surface area contributed by atoms with Crippen molar-refractivity contribution in [2.24, 2.45) is 17.8 Å². The molecule has 0 aromatic rings. The van der Waals surface area contributed by atoms with Crippen molar-refractivity contribution in [3.63, 3.8) is 0 Å². The number of carbonyl (C=O) groups excluding carboxylic acids is 4. The topological polar surface area (TPSA) is 139 Å². The Balaban J connectivity index is 0.00000256. The van der Waals surface area contributed by atoms with Crippen LogP contribution in [0, 0.1) is 17.8 Å². The Morgan fingerprint density at radius 2 is 2.07 bits per heavy atom. The third kappa shape index (κ3) is 3.98. The van der Waals surface area contributed by atoms with E-state index in [0.717, 1.165) is 6.42 Å². The molecule has 0 aromatic heterocycles. The number of hydrogen-bond donors (Lipinski definition) is 3. The van der Waals surface area contributed by atoms with Crippen molar-refractivity contribution < 1.29 is 58.9 Å². The molecular weight excluding hydrogens is 421 g/mol. The van der Waals surface area contributed by atoms with E-state index in [2.05, 4.69) is 10.6 Å². The Labute approximate surface area is 200 Å². The van der Waals surface area contributed by atoms with Gasteiger partial charge in [0.2, 0.25) is 17.7 Å². The molecule has 0 aromatic carbocycles. The van der Waals surface area contributed by atoms with Crippen LogP contribution in [-0.4, -0.2) is 63.7 Å². The van der Waals surface area contributed by atoms with Crippen molar-refractivity contribution in [3.8, 4) is 0 Å². The maximum atomic E-state index is 12.4. The van der Waals surface area contributed by atoms with Crippen LogP contribution in [0.5, 0.6) is 0 Å². The van der Waals surface area contributed by atoms with Crippen LogP contribution in [0.3, 0.4) is 0 Å². The van der Waals surface area contributed by atoms with E-state index in [-0.39, 0.29) is 88.6 Å². The summed E-state index contributed by atoms with van der Waals surface area (Å²) in [5.74, 6) is -3.32. The molecule has 3 fully saturated rings. The average molecular weight is 445 g/mol. The molecule has 0 spiro atoms. The van der Waals surface area contributed by atoms with Crippen molar-refractivity contribution in [3.05, 3.63) is 10.6 Å². The largest absolute Gasteiger partial charge is 1.00 e. The van der Waals surface area contributed by atoms with Gasteiger partial charge in [0.1, 0.15) is 0 Å². The van der Waals surface area contributed by atoms with E-state index in [1.54, 1.807) is 6.92 Å². The second-order valence-electron chi connectivity index (χ2n) is 8.38. The molecule has 11 heteroatoms. The summed E-state index contributed by atoms with van der Waals surface area (Å²) in [6, 6.07) is -0.280. The fourth-order valence-corrected chi connectivity index (χ4v) is 6.56. The van der Waals surface area contributed by atoms with Crippen LogP contribution >= 0.6 is 11.8 Å². The quantitative estimate of drug-likeness (QED) is 0.211. The third-order valence-corrected chi connectivity index (χ3v) is 7.92. The summed E-state index contributed by atoms with van der Waals surface area (Å²) in [6.45, 7) is 4.07.